The van der Waals surface area contributed by atoms with E-state index in [1.165, 1.54) is 6.07 Å². The number of amides is 2. The predicted octanol–water partition coefficient (Wildman–Crippen LogP) is 4.12. The number of likely N-dealkylation sites (N-methyl/N-ethyl adjacent to an activating group) is 1. The molecular weight excluding hydrogens is 355 g/mol. The molecule has 2 rings (SSSR count). The molecule has 0 aliphatic heterocycles. The van der Waals surface area contributed by atoms with Crippen LogP contribution in [0.5, 0.6) is 0 Å². The van der Waals surface area contributed by atoms with Crippen molar-refractivity contribution in [2.24, 2.45) is 0 Å². The maximum absolute atomic E-state index is 12.7. The zero-order valence-electron chi connectivity index (χ0n) is 15.6. The first kappa shape index (κ1) is 20.8. The molecule has 7 heteroatoms. The van der Waals surface area contributed by atoms with Crippen molar-refractivity contribution >= 4 is 6.03 Å². The second-order valence-corrected chi connectivity index (χ2v) is 6.65. The molecule has 2 aromatic carbocycles. The van der Waals surface area contributed by atoms with Crippen LogP contribution in [0.2, 0.25) is 0 Å². The number of carbonyl (C=O) groups is 1. The normalized spacial score (nSPS) is 12.7. The Hall–Kier alpha value is -2.54. The van der Waals surface area contributed by atoms with Gasteiger partial charge in [-0.1, -0.05) is 42.0 Å². The maximum Gasteiger partial charge on any atom is 0.416 e. The molecule has 146 valence electrons. The van der Waals surface area contributed by atoms with Gasteiger partial charge in [0.25, 0.3) is 0 Å². The first-order valence-corrected chi connectivity index (χ1v) is 8.57. The van der Waals surface area contributed by atoms with Crippen LogP contribution in [0.25, 0.3) is 0 Å². The number of hydrogen-bond acceptors (Lipinski definition) is 2. The number of rotatable bonds is 6. The molecule has 0 heterocycles. The number of nitrogens with zero attached hydrogens (tertiary/aromatic N) is 1. The van der Waals surface area contributed by atoms with Gasteiger partial charge in [-0.05, 0) is 44.3 Å². The van der Waals surface area contributed by atoms with Crippen molar-refractivity contribution in [1.29, 1.82) is 0 Å². The minimum atomic E-state index is -4.40. The summed E-state index contributed by atoms with van der Waals surface area (Å²) in [6, 6.07) is 12.5. The van der Waals surface area contributed by atoms with Gasteiger partial charge in [-0.15, -0.1) is 0 Å². The van der Waals surface area contributed by atoms with E-state index in [1.54, 1.807) is 6.07 Å². The first-order valence-electron chi connectivity index (χ1n) is 8.57. The molecule has 0 saturated heterocycles. The third-order valence-electron chi connectivity index (χ3n) is 4.25. The van der Waals surface area contributed by atoms with E-state index < -0.39 is 17.8 Å². The average molecular weight is 379 g/mol. The monoisotopic (exact) mass is 379 g/mol. The first-order chi connectivity index (χ1) is 12.7. The minimum absolute atomic E-state index is 0.00935. The van der Waals surface area contributed by atoms with Gasteiger partial charge in [0.15, 0.2) is 0 Å². The van der Waals surface area contributed by atoms with Gasteiger partial charge in [0.2, 0.25) is 0 Å². The van der Waals surface area contributed by atoms with Gasteiger partial charge in [0, 0.05) is 13.1 Å². The predicted molar refractivity (Wildman–Crippen MR) is 99.3 cm³/mol. The summed E-state index contributed by atoms with van der Waals surface area (Å²) in [7, 11) is 3.85. The van der Waals surface area contributed by atoms with Crippen molar-refractivity contribution in [3.8, 4) is 0 Å². The molecule has 0 radical (unpaired) electrons. The standard InChI is InChI=1S/C20H24F3N3O/c1-14-7-9-16(10-8-14)18(26(2)3)13-25-19(27)24-12-15-5-4-6-17(11-15)20(21,22)23/h4-11,18H,12-13H2,1-3H3,(H2,24,25,27). The maximum atomic E-state index is 12.7. The molecule has 2 N–H and O–H groups in total. The van der Waals surface area contributed by atoms with Crippen LogP contribution in [0.3, 0.4) is 0 Å². The average Bonchev–Trinajstić information content (AvgIpc) is 2.61. The Kier molecular flexibility index (Phi) is 6.85. The van der Waals surface area contributed by atoms with Gasteiger partial charge in [-0.3, -0.25) is 0 Å². The highest BCUT2D eigenvalue weighted by atomic mass is 19.4. The van der Waals surface area contributed by atoms with E-state index >= 15 is 0 Å². The molecule has 27 heavy (non-hydrogen) atoms. The number of urea groups is 1. The minimum Gasteiger partial charge on any atom is -0.336 e. The molecule has 0 spiro atoms. The van der Waals surface area contributed by atoms with Gasteiger partial charge < -0.3 is 15.5 Å². The Morgan fingerprint density at radius 1 is 1.07 bits per heavy atom. The smallest absolute Gasteiger partial charge is 0.336 e. The summed E-state index contributed by atoms with van der Waals surface area (Å²) in [6.45, 7) is 2.41. The van der Waals surface area contributed by atoms with Crippen molar-refractivity contribution in [1.82, 2.24) is 15.5 Å². The van der Waals surface area contributed by atoms with Crippen LogP contribution >= 0.6 is 0 Å². The van der Waals surface area contributed by atoms with Crippen molar-refractivity contribution in [2.45, 2.75) is 25.7 Å². The number of alkyl halides is 3. The summed E-state index contributed by atoms with van der Waals surface area (Å²) in [5.41, 5.74) is 1.89. The lowest BCUT2D eigenvalue weighted by Crippen LogP contribution is -2.40. The lowest BCUT2D eigenvalue weighted by atomic mass is 10.0. The molecule has 2 aromatic rings. The topological polar surface area (TPSA) is 44.4 Å². The SMILES string of the molecule is Cc1ccc(C(CNC(=O)NCc2cccc(C(F)(F)F)c2)N(C)C)cc1. The molecule has 0 fully saturated rings. The Morgan fingerprint density at radius 3 is 2.33 bits per heavy atom. The van der Waals surface area contributed by atoms with E-state index in [2.05, 4.69) is 10.6 Å². The number of aryl methyl sites for hydroxylation is 1. The Labute approximate surface area is 157 Å². The molecule has 1 unspecified atom stereocenters. The fourth-order valence-electron chi connectivity index (χ4n) is 2.68. The highest BCUT2D eigenvalue weighted by molar-refractivity contribution is 5.73. The number of carbonyl (C=O) groups excluding carboxylic acids is 1. The van der Waals surface area contributed by atoms with Gasteiger partial charge in [0.1, 0.15) is 0 Å². The molecule has 0 aromatic heterocycles. The summed E-state index contributed by atoms with van der Waals surface area (Å²) in [6.07, 6.45) is -4.40. The number of halogens is 3. The van der Waals surface area contributed by atoms with Crippen LogP contribution in [-0.2, 0) is 12.7 Å². The summed E-state index contributed by atoms with van der Waals surface area (Å²) >= 11 is 0. The fraction of sp³-hybridized carbons (Fsp3) is 0.350. The second-order valence-electron chi connectivity index (χ2n) is 6.65. The van der Waals surface area contributed by atoms with Gasteiger partial charge >= 0.3 is 12.2 Å². The number of nitrogens with one attached hydrogen (secondary N) is 2. The van der Waals surface area contributed by atoms with Crippen LogP contribution in [-0.4, -0.2) is 31.6 Å². The lowest BCUT2D eigenvalue weighted by Gasteiger charge is -2.25. The summed E-state index contributed by atoms with van der Waals surface area (Å²) < 4.78 is 38.2. The lowest BCUT2D eigenvalue weighted by molar-refractivity contribution is -0.137. The number of hydrogen-bond donors (Lipinski definition) is 2. The molecule has 0 aliphatic carbocycles. The zero-order valence-corrected chi connectivity index (χ0v) is 15.6. The van der Waals surface area contributed by atoms with Crippen LogP contribution < -0.4 is 10.6 Å². The zero-order chi connectivity index (χ0) is 20.0. The van der Waals surface area contributed by atoms with Gasteiger partial charge in [-0.2, -0.15) is 13.2 Å². The largest absolute Gasteiger partial charge is 0.416 e. The Bertz CT molecular complexity index is 758. The van der Waals surface area contributed by atoms with Crippen LogP contribution in [0, 0.1) is 6.92 Å². The highest BCUT2D eigenvalue weighted by Crippen LogP contribution is 2.29. The summed E-state index contributed by atoms with van der Waals surface area (Å²) in [4.78, 5) is 14.0. The van der Waals surface area contributed by atoms with E-state index in [1.807, 2.05) is 50.2 Å². The van der Waals surface area contributed by atoms with Gasteiger partial charge in [-0.25, -0.2) is 4.79 Å². The Morgan fingerprint density at radius 2 is 1.74 bits per heavy atom. The van der Waals surface area contributed by atoms with Crippen molar-refractivity contribution in [2.75, 3.05) is 20.6 Å². The van der Waals surface area contributed by atoms with Crippen LogP contribution in [0.4, 0.5) is 18.0 Å². The van der Waals surface area contributed by atoms with Crippen molar-refractivity contribution < 1.29 is 18.0 Å². The molecule has 4 nitrogen and oxygen atoms in total. The van der Waals surface area contributed by atoms with E-state index in [0.717, 1.165) is 23.3 Å². The van der Waals surface area contributed by atoms with E-state index in [0.29, 0.717) is 12.1 Å². The third kappa shape index (κ3) is 6.29. The molecule has 1 atom stereocenters. The van der Waals surface area contributed by atoms with Crippen molar-refractivity contribution in [3.63, 3.8) is 0 Å². The molecule has 2 amide bonds. The van der Waals surface area contributed by atoms with E-state index in [4.69, 9.17) is 0 Å². The Balaban J connectivity index is 1.90. The van der Waals surface area contributed by atoms with Gasteiger partial charge in [0.05, 0.1) is 11.6 Å². The molecule has 0 bridgehead atoms. The quantitative estimate of drug-likeness (QED) is 0.793. The third-order valence-corrected chi connectivity index (χ3v) is 4.25. The fourth-order valence-corrected chi connectivity index (χ4v) is 2.68. The molecular formula is C20H24F3N3O. The highest BCUT2D eigenvalue weighted by Gasteiger charge is 2.30. The number of benzene rings is 2. The van der Waals surface area contributed by atoms with E-state index in [9.17, 15) is 18.0 Å². The second kappa shape index (κ2) is 8.90. The van der Waals surface area contributed by atoms with Crippen molar-refractivity contribution in [3.05, 3.63) is 70.8 Å². The summed E-state index contributed by atoms with van der Waals surface area (Å²) in [5.74, 6) is 0. The van der Waals surface area contributed by atoms with E-state index in [-0.39, 0.29) is 12.6 Å². The summed E-state index contributed by atoms with van der Waals surface area (Å²) in [5, 5.41) is 5.37. The van der Waals surface area contributed by atoms with Crippen LogP contribution in [0.15, 0.2) is 48.5 Å². The van der Waals surface area contributed by atoms with Crippen LogP contribution in [0.1, 0.15) is 28.3 Å². The molecule has 0 aliphatic rings. The molecule has 0 saturated carbocycles.